The summed E-state index contributed by atoms with van der Waals surface area (Å²) in [4.78, 5) is 2.00. The summed E-state index contributed by atoms with van der Waals surface area (Å²) in [5, 5.41) is 13.5. The van der Waals surface area contributed by atoms with Gasteiger partial charge in [-0.05, 0) is 51.6 Å². The molecule has 1 aromatic rings. The monoisotopic (exact) mass is 250 g/mol. The maximum absolute atomic E-state index is 10.2. The minimum Gasteiger partial charge on any atom is -0.388 e. The molecule has 18 heavy (non-hydrogen) atoms. The van der Waals surface area contributed by atoms with E-state index in [1.807, 2.05) is 25.9 Å². The third kappa shape index (κ3) is 4.77. The van der Waals surface area contributed by atoms with Crippen molar-refractivity contribution in [2.24, 2.45) is 0 Å². The van der Waals surface area contributed by atoms with Crippen LogP contribution in [0.3, 0.4) is 0 Å². The molecule has 0 aliphatic rings. The van der Waals surface area contributed by atoms with Crippen LogP contribution < -0.4 is 5.32 Å². The SMILES string of the molecule is Cc1cccc(C)c1CNCC(C)(O)CN(C)C. The number of aliphatic hydroxyl groups is 1. The van der Waals surface area contributed by atoms with Gasteiger partial charge in [0.15, 0.2) is 0 Å². The van der Waals surface area contributed by atoms with Gasteiger partial charge in [-0.15, -0.1) is 0 Å². The molecule has 0 heterocycles. The first-order valence-corrected chi connectivity index (χ1v) is 6.45. The predicted octanol–water partition coefficient (Wildman–Crippen LogP) is 1.71. The van der Waals surface area contributed by atoms with E-state index in [0.29, 0.717) is 13.1 Å². The third-order valence-corrected chi connectivity index (χ3v) is 3.11. The van der Waals surface area contributed by atoms with Gasteiger partial charge in [-0.25, -0.2) is 0 Å². The van der Waals surface area contributed by atoms with Gasteiger partial charge in [-0.1, -0.05) is 18.2 Å². The number of nitrogens with one attached hydrogen (secondary N) is 1. The second kappa shape index (κ2) is 6.32. The van der Waals surface area contributed by atoms with Gasteiger partial charge in [0.2, 0.25) is 0 Å². The van der Waals surface area contributed by atoms with Crippen LogP contribution in [-0.2, 0) is 6.54 Å². The number of hydrogen-bond donors (Lipinski definition) is 2. The average Bonchev–Trinajstić information content (AvgIpc) is 2.20. The molecule has 0 spiro atoms. The highest BCUT2D eigenvalue weighted by molar-refractivity contribution is 5.33. The Labute approximate surface area is 111 Å². The first-order valence-electron chi connectivity index (χ1n) is 6.45. The van der Waals surface area contributed by atoms with Crippen LogP contribution in [0.1, 0.15) is 23.6 Å². The smallest absolute Gasteiger partial charge is 0.0869 e. The van der Waals surface area contributed by atoms with Crippen molar-refractivity contribution in [3.05, 3.63) is 34.9 Å². The maximum Gasteiger partial charge on any atom is 0.0869 e. The van der Waals surface area contributed by atoms with Gasteiger partial charge in [0.05, 0.1) is 5.60 Å². The highest BCUT2D eigenvalue weighted by atomic mass is 16.3. The molecule has 0 radical (unpaired) electrons. The number of hydrogen-bond acceptors (Lipinski definition) is 3. The summed E-state index contributed by atoms with van der Waals surface area (Å²) >= 11 is 0. The van der Waals surface area contributed by atoms with Crippen molar-refractivity contribution in [2.45, 2.75) is 32.9 Å². The van der Waals surface area contributed by atoms with E-state index in [-0.39, 0.29) is 0 Å². The van der Waals surface area contributed by atoms with Gasteiger partial charge >= 0.3 is 0 Å². The van der Waals surface area contributed by atoms with Crippen LogP contribution in [0, 0.1) is 13.8 Å². The van der Waals surface area contributed by atoms with E-state index in [4.69, 9.17) is 0 Å². The van der Waals surface area contributed by atoms with E-state index in [1.54, 1.807) is 0 Å². The molecule has 0 aromatic heterocycles. The second-order valence-corrected chi connectivity index (χ2v) is 5.71. The molecule has 0 bridgehead atoms. The summed E-state index contributed by atoms with van der Waals surface area (Å²) in [7, 11) is 3.94. The van der Waals surface area contributed by atoms with Crippen LogP contribution >= 0.6 is 0 Å². The Morgan fingerprint density at radius 3 is 2.28 bits per heavy atom. The maximum atomic E-state index is 10.2. The van der Waals surface area contributed by atoms with Gasteiger partial charge < -0.3 is 15.3 Å². The summed E-state index contributed by atoms with van der Waals surface area (Å²) in [6.45, 7) is 8.18. The lowest BCUT2D eigenvalue weighted by Gasteiger charge is -2.27. The summed E-state index contributed by atoms with van der Waals surface area (Å²) in [5.74, 6) is 0. The topological polar surface area (TPSA) is 35.5 Å². The zero-order valence-corrected chi connectivity index (χ0v) is 12.2. The van der Waals surface area contributed by atoms with Crippen LogP contribution in [0.25, 0.3) is 0 Å². The second-order valence-electron chi connectivity index (χ2n) is 5.71. The van der Waals surface area contributed by atoms with Crippen molar-refractivity contribution in [1.82, 2.24) is 10.2 Å². The van der Waals surface area contributed by atoms with E-state index in [0.717, 1.165) is 6.54 Å². The quantitative estimate of drug-likeness (QED) is 0.807. The van der Waals surface area contributed by atoms with E-state index >= 15 is 0 Å². The fraction of sp³-hybridized carbons (Fsp3) is 0.600. The molecule has 0 saturated carbocycles. The molecule has 3 nitrogen and oxygen atoms in total. The van der Waals surface area contributed by atoms with Crippen molar-refractivity contribution in [1.29, 1.82) is 0 Å². The lowest BCUT2D eigenvalue weighted by atomic mass is 10.0. The Kier molecular flexibility index (Phi) is 5.32. The molecule has 3 heteroatoms. The first-order chi connectivity index (χ1) is 8.32. The Morgan fingerprint density at radius 1 is 1.22 bits per heavy atom. The van der Waals surface area contributed by atoms with Crippen LogP contribution in [0.2, 0.25) is 0 Å². The lowest BCUT2D eigenvalue weighted by Crippen LogP contribution is -2.45. The molecule has 0 saturated heterocycles. The first kappa shape index (κ1) is 15.2. The molecule has 0 aliphatic heterocycles. The molecule has 0 amide bonds. The third-order valence-electron chi connectivity index (χ3n) is 3.11. The van der Waals surface area contributed by atoms with Gasteiger partial charge in [0.1, 0.15) is 0 Å². The fourth-order valence-corrected chi connectivity index (χ4v) is 2.32. The van der Waals surface area contributed by atoms with Crippen LogP contribution in [-0.4, -0.2) is 42.8 Å². The molecule has 0 aliphatic carbocycles. The van der Waals surface area contributed by atoms with E-state index in [9.17, 15) is 5.11 Å². The molecule has 102 valence electrons. The van der Waals surface area contributed by atoms with Gasteiger partial charge in [-0.3, -0.25) is 0 Å². The van der Waals surface area contributed by atoms with Crippen LogP contribution in [0.5, 0.6) is 0 Å². The molecule has 1 aromatic carbocycles. The molecule has 1 unspecified atom stereocenters. The highest BCUT2D eigenvalue weighted by Crippen LogP contribution is 2.13. The fourth-order valence-electron chi connectivity index (χ4n) is 2.32. The van der Waals surface area contributed by atoms with Gasteiger partial charge in [-0.2, -0.15) is 0 Å². The zero-order valence-electron chi connectivity index (χ0n) is 12.2. The molecule has 2 N–H and O–H groups in total. The van der Waals surface area contributed by atoms with E-state index < -0.39 is 5.60 Å². The van der Waals surface area contributed by atoms with Crippen LogP contribution in [0.15, 0.2) is 18.2 Å². The number of likely N-dealkylation sites (N-methyl/N-ethyl adjacent to an activating group) is 1. The molecular formula is C15H26N2O. The van der Waals surface area contributed by atoms with Crippen molar-refractivity contribution < 1.29 is 5.11 Å². The van der Waals surface area contributed by atoms with Gasteiger partial charge in [0.25, 0.3) is 0 Å². The number of aryl methyl sites for hydroxylation is 2. The standard InChI is InChI=1S/C15H26N2O/c1-12-7-6-8-13(2)14(12)9-16-10-15(3,18)11-17(4)5/h6-8,16,18H,9-11H2,1-5H3. The van der Waals surface area contributed by atoms with E-state index in [1.165, 1.54) is 16.7 Å². The lowest BCUT2D eigenvalue weighted by molar-refractivity contribution is 0.0336. The number of rotatable bonds is 6. The van der Waals surface area contributed by atoms with Crippen molar-refractivity contribution in [2.75, 3.05) is 27.2 Å². The Morgan fingerprint density at radius 2 is 1.78 bits per heavy atom. The predicted molar refractivity (Wildman–Crippen MR) is 76.8 cm³/mol. The molecule has 0 fully saturated rings. The molecular weight excluding hydrogens is 224 g/mol. The average molecular weight is 250 g/mol. The Hall–Kier alpha value is -0.900. The van der Waals surface area contributed by atoms with Gasteiger partial charge in [0, 0.05) is 19.6 Å². The molecule has 1 rings (SSSR count). The Bertz CT molecular complexity index is 366. The normalized spacial score (nSPS) is 14.8. The number of nitrogens with zero attached hydrogens (tertiary/aromatic N) is 1. The minimum atomic E-state index is -0.694. The highest BCUT2D eigenvalue weighted by Gasteiger charge is 2.20. The summed E-state index contributed by atoms with van der Waals surface area (Å²) in [6.07, 6.45) is 0. The van der Waals surface area contributed by atoms with Crippen molar-refractivity contribution in [3.8, 4) is 0 Å². The van der Waals surface area contributed by atoms with Crippen LogP contribution in [0.4, 0.5) is 0 Å². The van der Waals surface area contributed by atoms with Crippen molar-refractivity contribution in [3.63, 3.8) is 0 Å². The summed E-state index contributed by atoms with van der Waals surface area (Å²) in [6, 6.07) is 6.33. The van der Waals surface area contributed by atoms with E-state index in [2.05, 4.69) is 37.4 Å². The largest absolute Gasteiger partial charge is 0.388 e. The number of benzene rings is 1. The molecule has 1 atom stereocenters. The Balaban J connectivity index is 2.51. The zero-order chi connectivity index (χ0) is 13.8. The summed E-state index contributed by atoms with van der Waals surface area (Å²) in [5.41, 5.74) is 3.24. The minimum absolute atomic E-state index is 0.596. The van der Waals surface area contributed by atoms with Crippen molar-refractivity contribution >= 4 is 0 Å². The summed E-state index contributed by atoms with van der Waals surface area (Å²) < 4.78 is 0.